The molecule has 2 bridgehead atoms. The first kappa shape index (κ1) is 17.8. The van der Waals surface area contributed by atoms with E-state index in [-0.39, 0.29) is 22.6 Å². The number of fused-ring (bicyclic) bond motifs is 5. The number of rotatable bonds is 7. The van der Waals surface area contributed by atoms with Crippen molar-refractivity contribution in [3.63, 3.8) is 0 Å². The van der Waals surface area contributed by atoms with Gasteiger partial charge in [-0.15, -0.1) is 0 Å². The van der Waals surface area contributed by atoms with Gasteiger partial charge in [0.1, 0.15) is 6.61 Å². The van der Waals surface area contributed by atoms with Crippen LogP contribution < -0.4 is 0 Å². The molecule has 142 valence electrons. The molecule has 3 aliphatic rings. The lowest BCUT2D eigenvalue weighted by molar-refractivity contribution is -0.385. The summed E-state index contributed by atoms with van der Waals surface area (Å²) in [6.07, 6.45) is 5.23. The van der Waals surface area contributed by atoms with Crippen LogP contribution in [0.15, 0.2) is 54.5 Å². The SMILES string of the molecule is C=C(OCC)OC/C=C1/[C@H]2C(c3ccccc3[N+](=O)[O-])=CC[C@@H]1[C@@H]1CO[C@@H]12. The molecule has 4 rings (SSSR count). The Kier molecular flexibility index (Phi) is 4.74. The van der Waals surface area contributed by atoms with E-state index >= 15 is 0 Å². The maximum atomic E-state index is 11.5. The van der Waals surface area contributed by atoms with Gasteiger partial charge < -0.3 is 14.2 Å². The molecule has 0 N–H and O–H groups in total. The number of allylic oxidation sites excluding steroid dienone is 1. The fourth-order valence-electron chi connectivity index (χ4n) is 4.59. The number of para-hydroxylation sites is 1. The average molecular weight is 369 g/mol. The second kappa shape index (κ2) is 7.19. The lowest BCUT2D eigenvalue weighted by Gasteiger charge is -2.35. The van der Waals surface area contributed by atoms with Crippen LogP contribution in [0.25, 0.3) is 5.57 Å². The Balaban J connectivity index is 1.63. The van der Waals surface area contributed by atoms with Gasteiger partial charge in [0.25, 0.3) is 11.6 Å². The summed E-state index contributed by atoms with van der Waals surface area (Å²) in [4.78, 5) is 11.2. The van der Waals surface area contributed by atoms with Crippen molar-refractivity contribution in [1.29, 1.82) is 0 Å². The first-order valence-electron chi connectivity index (χ1n) is 9.31. The molecular formula is C21H23NO5. The van der Waals surface area contributed by atoms with E-state index in [1.165, 1.54) is 5.57 Å². The van der Waals surface area contributed by atoms with Gasteiger partial charge in [-0.05, 0) is 43.6 Å². The number of ether oxygens (including phenoxy) is 3. The van der Waals surface area contributed by atoms with E-state index in [0.29, 0.717) is 36.6 Å². The van der Waals surface area contributed by atoms with Crippen molar-refractivity contribution in [1.82, 2.24) is 0 Å². The average Bonchev–Trinajstić information content (AvgIpc) is 2.75. The Morgan fingerprint density at radius 1 is 1.41 bits per heavy atom. The quantitative estimate of drug-likeness (QED) is 0.313. The summed E-state index contributed by atoms with van der Waals surface area (Å²) in [5.74, 6) is 1.26. The van der Waals surface area contributed by atoms with Crippen LogP contribution in [0.5, 0.6) is 0 Å². The highest BCUT2D eigenvalue weighted by Crippen LogP contribution is 2.58. The molecule has 1 saturated carbocycles. The molecular weight excluding hydrogens is 346 g/mol. The van der Waals surface area contributed by atoms with E-state index in [9.17, 15) is 10.1 Å². The van der Waals surface area contributed by atoms with Gasteiger partial charge in [-0.1, -0.05) is 23.8 Å². The minimum atomic E-state index is -0.311. The molecule has 6 nitrogen and oxygen atoms in total. The molecule has 0 radical (unpaired) electrons. The zero-order valence-electron chi connectivity index (χ0n) is 15.3. The standard InChI is InChI=1S/C21H23NO5/c1-3-25-13(2)26-11-10-17-14-8-9-16(20(17)21-18(14)12-27-21)15-6-4-5-7-19(15)22(23)24/h4-7,9-10,14,18,20-21H,2-3,8,11-12H2,1H3/b17-10+/t14-,18-,20+,21-/m0/s1. The van der Waals surface area contributed by atoms with E-state index in [1.54, 1.807) is 12.1 Å². The van der Waals surface area contributed by atoms with Gasteiger partial charge in [-0.2, -0.15) is 0 Å². The minimum absolute atomic E-state index is 0.0487. The summed E-state index contributed by atoms with van der Waals surface area (Å²) in [6.45, 7) is 7.27. The van der Waals surface area contributed by atoms with Crippen molar-refractivity contribution in [3.8, 4) is 0 Å². The van der Waals surface area contributed by atoms with Gasteiger partial charge in [-0.3, -0.25) is 10.1 Å². The number of hydrogen-bond acceptors (Lipinski definition) is 5. The molecule has 0 amide bonds. The third-order valence-electron chi connectivity index (χ3n) is 5.74. The van der Waals surface area contributed by atoms with Crippen molar-refractivity contribution >= 4 is 11.3 Å². The smallest absolute Gasteiger partial charge is 0.276 e. The van der Waals surface area contributed by atoms with Crippen LogP contribution >= 0.6 is 0 Å². The topological polar surface area (TPSA) is 70.8 Å². The Labute approximate surface area is 158 Å². The summed E-state index contributed by atoms with van der Waals surface area (Å²) < 4.78 is 16.7. The van der Waals surface area contributed by atoms with Gasteiger partial charge >= 0.3 is 0 Å². The molecule has 1 aromatic carbocycles. The molecule has 0 unspecified atom stereocenters. The summed E-state index contributed by atoms with van der Waals surface area (Å²) >= 11 is 0. The Hall–Kier alpha value is -2.60. The van der Waals surface area contributed by atoms with Gasteiger partial charge in [0.15, 0.2) is 0 Å². The lowest BCUT2D eigenvalue weighted by Crippen LogP contribution is -2.40. The molecule has 1 heterocycles. The minimum Gasteiger partial charge on any atom is -0.466 e. The molecule has 1 saturated heterocycles. The van der Waals surface area contributed by atoms with Gasteiger partial charge in [-0.25, -0.2) is 0 Å². The van der Waals surface area contributed by atoms with Crippen LogP contribution in [0.3, 0.4) is 0 Å². The highest BCUT2D eigenvalue weighted by Gasteiger charge is 2.55. The summed E-state index contributed by atoms with van der Waals surface area (Å²) in [5.41, 5.74) is 3.10. The highest BCUT2D eigenvalue weighted by molar-refractivity contribution is 5.78. The normalized spacial score (nSPS) is 29.5. The predicted octanol–water partition coefficient (Wildman–Crippen LogP) is 4.09. The van der Waals surface area contributed by atoms with Crippen LogP contribution in [-0.4, -0.2) is 30.8 Å². The maximum Gasteiger partial charge on any atom is 0.276 e. The number of benzene rings is 1. The number of nitrogens with zero attached hydrogens (tertiary/aromatic N) is 1. The van der Waals surface area contributed by atoms with Crippen LogP contribution in [-0.2, 0) is 14.2 Å². The van der Waals surface area contributed by atoms with E-state index in [1.807, 2.05) is 19.1 Å². The molecule has 0 aromatic heterocycles. The molecule has 4 atom stereocenters. The van der Waals surface area contributed by atoms with Crippen molar-refractivity contribution in [2.24, 2.45) is 17.8 Å². The molecule has 1 aliphatic heterocycles. The second-order valence-electron chi connectivity index (χ2n) is 7.04. The van der Waals surface area contributed by atoms with Gasteiger partial charge in [0.2, 0.25) is 0 Å². The van der Waals surface area contributed by atoms with Crippen molar-refractivity contribution in [3.05, 3.63) is 70.2 Å². The predicted molar refractivity (Wildman–Crippen MR) is 101 cm³/mol. The van der Waals surface area contributed by atoms with Crippen molar-refractivity contribution in [2.75, 3.05) is 19.8 Å². The summed E-state index contributed by atoms with van der Waals surface area (Å²) in [7, 11) is 0. The first-order valence-corrected chi connectivity index (χ1v) is 9.31. The number of nitro benzene ring substituents is 1. The van der Waals surface area contributed by atoms with E-state index in [2.05, 4.69) is 18.7 Å². The van der Waals surface area contributed by atoms with Crippen LogP contribution in [0.4, 0.5) is 5.69 Å². The largest absolute Gasteiger partial charge is 0.466 e. The Bertz CT molecular complexity index is 828. The highest BCUT2D eigenvalue weighted by atomic mass is 16.7. The lowest BCUT2D eigenvalue weighted by atomic mass is 9.79. The summed E-state index contributed by atoms with van der Waals surface area (Å²) in [5, 5.41) is 11.5. The van der Waals surface area contributed by atoms with E-state index < -0.39 is 0 Å². The van der Waals surface area contributed by atoms with Crippen LogP contribution in [0.1, 0.15) is 18.9 Å². The van der Waals surface area contributed by atoms with Gasteiger partial charge in [0.05, 0.1) is 29.8 Å². The molecule has 2 aliphatic carbocycles. The Morgan fingerprint density at radius 3 is 2.93 bits per heavy atom. The third-order valence-corrected chi connectivity index (χ3v) is 5.74. The van der Waals surface area contributed by atoms with E-state index in [4.69, 9.17) is 14.2 Å². The second-order valence-corrected chi connectivity index (χ2v) is 7.04. The Morgan fingerprint density at radius 2 is 2.22 bits per heavy atom. The fourth-order valence-corrected chi connectivity index (χ4v) is 4.59. The molecule has 2 fully saturated rings. The van der Waals surface area contributed by atoms with Crippen LogP contribution in [0.2, 0.25) is 0 Å². The molecule has 0 spiro atoms. The summed E-state index contributed by atoms with van der Waals surface area (Å²) in [6, 6.07) is 6.95. The third kappa shape index (κ3) is 3.04. The molecule has 6 heteroatoms. The van der Waals surface area contributed by atoms with Crippen molar-refractivity contribution in [2.45, 2.75) is 19.4 Å². The molecule has 27 heavy (non-hydrogen) atoms. The zero-order chi connectivity index (χ0) is 19.0. The van der Waals surface area contributed by atoms with Crippen molar-refractivity contribution < 1.29 is 19.1 Å². The zero-order valence-corrected chi connectivity index (χ0v) is 15.3. The fraction of sp³-hybridized carbons (Fsp3) is 0.429. The first-order chi connectivity index (χ1) is 13.1. The van der Waals surface area contributed by atoms with Crippen LogP contribution in [0, 0.1) is 27.9 Å². The van der Waals surface area contributed by atoms with E-state index in [0.717, 1.165) is 18.6 Å². The molecule has 1 aromatic rings. The maximum absolute atomic E-state index is 11.5. The monoisotopic (exact) mass is 369 g/mol. The number of nitro groups is 1. The number of hydrogen-bond donors (Lipinski definition) is 0. The van der Waals surface area contributed by atoms with Gasteiger partial charge in [0, 0.05) is 17.9 Å².